The third-order valence-corrected chi connectivity index (χ3v) is 18.2. The van der Waals surface area contributed by atoms with Crippen LogP contribution in [0.3, 0.4) is 0 Å². The van der Waals surface area contributed by atoms with E-state index in [1.165, 1.54) is 96.3 Å². The van der Waals surface area contributed by atoms with E-state index < -0.39 is 14.3 Å². The fourth-order valence-electron chi connectivity index (χ4n) is 8.26. The lowest BCUT2D eigenvalue weighted by molar-refractivity contribution is 0.418. The first-order valence-electron chi connectivity index (χ1n) is 17.3. The van der Waals surface area contributed by atoms with E-state index in [4.69, 9.17) is 0 Å². The third kappa shape index (κ3) is 9.31. The van der Waals surface area contributed by atoms with Gasteiger partial charge in [-0.1, -0.05) is 149 Å². The van der Waals surface area contributed by atoms with Gasteiger partial charge in [0, 0.05) is 35.5 Å². The van der Waals surface area contributed by atoms with Gasteiger partial charge < -0.3 is 9.13 Å². The van der Waals surface area contributed by atoms with E-state index in [2.05, 4.69) is 36.4 Å². The van der Waals surface area contributed by atoms with Crippen LogP contribution in [0.5, 0.6) is 0 Å². The summed E-state index contributed by atoms with van der Waals surface area (Å²) in [6, 6.07) is 30.6. The van der Waals surface area contributed by atoms with E-state index in [0.717, 1.165) is 16.7 Å². The predicted octanol–water partition coefficient (Wildman–Crippen LogP) is 12.3. The van der Waals surface area contributed by atoms with Crippen LogP contribution in [-0.4, -0.2) is 17.0 Å². The van der Waals surface area contributed by atoms with Gasteiger partial charge in [0.05, 0.1) is 7.14 Å². The molecule has 0 atom stereocenters. The molecule has 0 unspecified atom stereocenters. The molecule has 0 radical (unpaired) electrons. The highest BCUT2D eigenvalue weighted by atomic mass is 31.2. The Balaban J connectivity index is 0.000000173. The molecular formula is C39H54O2P2. The first kappa shape index (κ1) is 32.5. The van der Waals surface area contributed by atoms with Crippen LogP contribution < -0.4 is 0 Å². The van der Waals surface area contributed by atoms with Crippen LogP contribution in [0.25, 0.3) is 0 Å². The molecule has 43 heavy (non-hydrogen) atoms. The van der Waals surface area contributed by atoms with E-state index in [1.54, 1.807) is 0 Å². The lowest BCUT2D eigenvalue weighted by Gasteiger charge is -2.44. The quantitative estimate of drug-likeness (QED) is 0.224. The van der Waals surface area contributed by atoms with Crippen LogP contribution >= 0.6 is 14.3 Å². The molecule has 4 heteroatoms. The van der Waals surface area contributed by atoms with Crippen molar-refractivity contribution in [1.29, 1.82) is 0 Å². The molecule has 0 aliphatic heterocycles. The summed E-state index contributed by atoms with van der Waals surface area (Å²) in [4.78, 5) is 0. The van der Waals surface area contributed by atoms with Gasteiger partial charge in [0.15, 0.2) is 0 Å². The molecule has 0 N–H and O–H groups in total. The highest BCUT2D eigenvalue weighted by Crippen LogP contribution is 2.68. The summed E-state index contributed by atoms with van der Waals surface area (Å²) < 4.78 is 28.0. The van der Waals surface area contributed by atoms with Gasteiger partial charge in [-0.05, 0) is 55.2 Å². The summed E-state index contributed by atoms with van der Waals surface area (Å²) in [5, 5.41) is 0. The number of hydrogen-bond acceptors (Lipinski definition) is 2. The first-order chi connectivity index (χ1) is 21.1. The van der Waals surface area contributed by atoms with E-state index in [-0.39, 0.29) is 0 Å². The Morgan fingerprint density at radius 3 is 0.907 bits per heavy atom. The Kier molecular flexibility index (Phi) is 12.4. The Hall–Kier alpha value is -1.88. The van der Waals surface area contributed by atoms with Gasteiger partial charge >= 0.3 is 0 Å². The second-order valence-electron chi connectivity index (χ2n) is 13.6. The Morgan fingerprint density at radius 2 is 0.651 bits per heavy atom. The standard InChI is InChI=1S/C21H21OP.C18H33OP/c22-23(16-19-10-4-1-5-11-19,17-20-12-6-2-7-13-20)18-21-14-8-3-9-15-21;19-20(16-10-4-1-5-11-16,17-12-6-2-7-13-17)18-14-8-3-9-15-18/h1-15H,16-18H2;16-18H,1-15H2. The second kappa shape index (κ2) is 16.4. The third-order valence-electron chi connectivity index (χ3n) is 10.4. The van der Waals surface area contributed by atoms with Crippen molar-refractivity contribution >= 4 is 14.3 Å². The highest BCUT2D eigenvalue weighted by Gasteiger charge is 2.46. The average molecular weight is 617 g/mol. The Morgan fingerprint density at radius 1 is 0.395 bits per heavy atom. The van der Waals surface area contributed by atoms with Crippen molar-refractivity contribution in [2.24, 2.45) is 0 Å². The van der Waals surface area contributed by atoms with Gasteiger partial charge in [0.1, 0.15) is 7.14 Å². The Labute approximate surface area is 262 Å². The zero-order chi connectivity index (χ0) is 29.8. The maximum Gasteiger partial charge on any atom is 0.100 e. The molecule has 3 fully saturated rings. The molecule has 0 amide bonds. The first-order valence-corrected chi connectivity index (χ1v) is 21.5. The van der Waals surface area contributed by atoms with Crippen molar-refractivity contribution in [3.63, 3.8) is 0 Å². The molecule has 2 nitrogen and oxygen atoms in total. The van der Waals surface area contributed by atoms with Gasteiger partial charge in [0.25, 0.3) is 0 Å². The van der Waals surface area contributed by atoms with E-state index in [0.29, 0.717) is 35.5 Å². The zero-order valence-electron chi connectivity index (χ0n) is 26.3. The summed E-state index contributed by atoms with van der Waals surface area (Å²) in [5.74, 6) is 0. The summed E-state index contributed by atoms with van der Waals surface area (Å²) in [6.45, 7) is 0. The van der Waals surface area contributed by atoms with E-state index in [1.807, 2.05) is 54.6 Å². The van der Waals surface area contributed by atoms with Gasteiger partial charge in [0.2, 0.25) is 0 Å². The fraction of sp³-hybridized carbons (Fsp3) is 0.538. The lowest BCUT2D eigenvalue weighted by Crippen LogP contribution is -2.31. The van der Waals surface area contributed by atoms with Crippen molar-refractivity contribution in [2.45, 2.75) is 132 Å². The minimum Gasteiger partial charge on any atom is -0.323 e. The minimum atomic E-state index is -2.39. The van der Waals surface area contributed by atoms with Crippen LogP contribution in [0.4, 0.5) is 0 Å². The van der Waals surface area contributed by atoms with Crippen LogP contribution in [0, 0.1) is 0 Å². The number of hydrogen-bond donors (Lipinski definition) is 0. The van der Waals surface area contributed by atoms with Gasteiger partial charge in [-0.15, -0.1) is 0 Å². The summed E-state index contributed by atoms with van der Waals surface area (Å²) >= 11 is 0. The van der Waals surface area contributed by atoms with Crippen LogP contribution in [0.1, 0.15) is 113 Å². The maximum absolute atomic E-state index is 14.3. The lowest BCUT2D eigenvalue weighted by atomic mass is 9.99. The van der Waals surface area contributed by atoms with Crippen molar-refractivity contribution in [3.05, 3.63) is 108 Å². The molecule has 0 spiro atoms. The summed E-state index contributed by atoms with van der Waals surface area (Å²) in [7, 11) is -4.33. The number of benzene rings is 3. The van der Waals surface area contributed by atoms with Crippen LogP contribution in [0.2, 0.25) is 0 Å². The second-order valence-corrected chi connectivity index (χ2v) is 20.4. The Bertz CT molecular complexity index is 1130. The average Bonchev–Trinajstić information content (AvgIpc) is 3.07. The van der Waals surface area contributed by atoms with E-state index in [9.17, 15) is 9.13 Å². The van der Waals surface area contributed by atoms with Crippen molar-refractivity contribution < 1.29 is 9.13 Å². The van der Waals surface area contributed by atoms with Crippen molar-refractivity contribution in [1.82, 2.24) is 0 Å². The molecule has 3 aliphatic carbocycles. The molecule has 232 valence electrons. The molecule has 3 aliphatic rings. The topological polar surface area (TPSA) is 34.1 Å². The summed E-state index contributed by atoms with van der Waals surface area (Å²) in [5.41, 5.74) is 5.35. The molecule has 6 rings (SSSR count). The van der Waals surface area contributed by atoms with Crippen molar-refractivity contribution in [2.75, 3.05) is 0 Å². The molecule has 0 heterocycles. The van der Waals surface area contributed by atoms with Crippen LogP contribution in [-0.2, 0) is 27.6 Å². The molecule has 0 saturated heterocycles. The predicted molar refractivity (Wildman–Crippen MR) is 186 cm³/mol. The molecule has 3 aromatic rings. The monoisotopic (exact) mass is 616 g/mol. The molecular weight excluding hydrogens is 562 g/mol. The number of rotatable bonds is 9. The zero-order valence-corrected chi connectivity index (χ0v) is 28.1. The maximum atomic E-state index is 14.3. The van der Waals surface area contributed by atoms with Gasteiger partial charge in [-0.3, -0.25) is 0 Å². The highest BCUT2D eigenvalue weighted by molar-refractivity contribution is 7.66. The van der Waals surface area contributed by atoms with Crippen molar-refractivity contribution in [3.8, 4) is 0 Å². The van der Waals surface area contributed by atoms with Crippen LogP contribution in [0.15, 0.2) is 91.0 Å². The molecule has 3 saturated carbocycles. The van der Waals surface area contributed by atoms with E-state index >= 15 is 0 Å². The smallest absolute Gasteiger partial charge is 0.100 e. The normalized spacial score (nSPS) is 19.3. The summed E-state index contributed by atoms with van der Waals surface area (Å²) in [6.07, 6.45) is 22.0. The van der Waals surface area contributed by atoms with Gasteiger partial charge in [-0.25, -0.2) is 0 Å². The largest absolute Gasteiger partial charge is 0.323 e. The SMILES string of the molecule is O=P(C1CCCCC1)(C1CCCCC1)C1CCCCC1.O=P(Cc1ccccc1)(Cc1ccccc1)Cc1ccccc1. The fourth-order valence-corrected chi connectivity index (χ4v) is 16.5. The van der Waals surface area contributed by atoms with Gasteiger partial charge in [-0.2, -0.15) is 0 Å². The minimum absolute atomic E-state index is 0.627. The molecule has 0 aromatic heterocycles. The molecule has 3 aromatic carbocycles. The molecule has 0 bridgehead atoms.